The third kappa shape index (κ3) is 4.70. The van der Waals surface area contributed by atoms with E-state index in [1.807, 2.05) is 24.3 Å². The smallest absolute Gasteiger partial charge is 0.347 e. The Hall–Kier alpha value is -3.15. The summed E-state index contributed by atoms with van der Waals surface area (Å²) < 4.78 is 10.8. The Kier molecular flexibility index (Phi) is 5.97. The lowest BCUT2D eigenvalue weighted by molar-refractivity contribution is -0.149. The van der Waals surface area contributed by atoms with Crippen LogP contribution in [0.3, 0.4) is 0 Å². The van der Waals surface area contributed by atoms with Gasteiger partial charge in [-0.1, -0.05) is 32.9 Å². The Morgan fingerprint density at radius 1 is 1.10 bits per heavy atom. The number of benzene rings is 2. The lowest BCUT2D eigenvalue weighted by atomic mass is 9.87. The second-order valence-electron chi connectivity index (χ2n) is 8.58. The van der Waals surface area contributed by atoms with Crippen LogP contribution in [0.15, 0.2) is 42.5 Å². The van der Waals surface area contributed by atoms with E-state index in [4.69, 9.17) is 9.47 Å². The molecular formula is C24H27NO5. The zero-order valence-corrected chi connectivity index (χ0v) is 17.9. The van der Waals surface area contributed by atoms with Gasteiger partial charge in [0.05, 0.1) is 5.92 Å². The summed E-state index contributed by atoms with van der Waals surface area (Å²) in [5, 5.41) is 2.76. The zero-order valence-electron chi connectivity index (χ0n) is 17.9. The van der Waals surface area contributed by atoms with Crippen LogP contribution in [-0.2, 0) is 19.7 Å². The number of fused-ring (bicyclic) bond motifs is 1. The van der Waals surface area contributed by atoms with Crippen molar-refractivity contribution in [1.82, 2.24) is 0 Å². The molecule has 6 nitrogen and oxygen atoms in total. The van der Waals surface area contributed by atoms with Gasteiger partial charge in [0.15, 0.2) is 18.5 Å². The zero-order chi connectivity index (χ0) is 22.1. The lowest BCUT2D eigenvalue weighted by Crippen LogP contribution is -2.28. The van der Waals surface area contributed by atoms with E-state index in [2.05, 4.69) is 26.1 Å². The largest absolute Gasteiger partial charge is 0.479 e. The molecule has 158 valence electrons. The number of nitrogens with one attached hydrogen (secondary N) is 1. The first-order valence-electron chi connectivity index (χ1n) is 9.98. The van der Waals surface area contributed by atoms with Crippen molar-refractivity contribution < 1.29 is 23.9 Å². The summed E-state index contributed by atoms with van der Waals surface area (Å²) >= 11 is 0. The molecule has 0 saturated heterocycles. The minimum atomic E-state index is -0.847. The Morgan fingerprint density at radius 3 is 2.40 bits per heavy atom. The van der Waals surface area contributed by atoms with E-state index in [0.29, 0.717) is 17.0 Å². The van der Waals surface area contributed by atoms with Gasteiger partial charge in [-0.05, 0) is 60.7 Å². The van der Waals surface area contributed by atoms with Crippen molar-refractivity contribution in [2.24, 2.45) is 0 Å². The molecule has 0 saturated carbocycles. The highest BCUT2D eigenvalue weighted by molar-refractivity contribution is 6.05. The Balaban J connectivity index is 1.55. The Labute approximate surface area is 176 Å². The van der Waals surface area contributed by atoms with E-state index in [1.165, 1.54) is 0 Å². The van der Waals surface area contributed by atoms with E-state index < -0.39 is 12.1 Å². The summed E-state index contributed by atoms with van der Waals surface area (Å²) in [7, 11) is 0. The van der Waals surface area contributed by atoms with Crippen LogP contribution in [0, 0.1) is 0 Å². The van der Waals surface area contributed by atoms with Crippen LogP contribution in [0.4, 0.5) is 5.69 Å². The predicted octanol–water partition coefficient (Wildman–Crippen LogP) is 4.23. The van der Waals surface area contributed by atoms with Crippen molar-refractivity contribution in [2.45, 2.75) is 52.1 Å². The Bertz CT molecular complexity index is 972. The molecule has 2 aromatic rings. The highest BCUT2D eigenvalue weighted by atomic mass is 16.6. The van der Waals surface area contributed by atoms with Gasteiger partial charge < -0.3 is 14.8 Å². The molecule has 0 fully saturated rings. The van der Waals surface area contributed by atoms with E-state index in [9.17, 15) is 14.4 Å². The minimum Gasteiger partial charge on any atom is -0.479 e. The van der Waals surface area contributed by atoms with E-state index in [0.717, 1.165) is 11.1 Å². The third-order valence-electron chi connectivity index (χ3n) is 5.20. The number of hydrogen-bond acceptors (Lipinski definition) is 5. The number of anilines is 1. The molecule has 0 bridgehead atoms. The molecule has 1 aliphatic heterocycles. The fourth-order valence-electron chi connectivity index (χ4n) is 3.21. The van der Waals surface area contributed by atoms with Crippen LogP contribution in [0.1, 0.15) is 62.0 Å². The van der Waals surface area contributed by atoms with Crippen LogP contribution < -0.4 is 10.1 Å². The SMILES string of the molecule is C[C@@H](Oc1ccc(C(C)(C)C)cc1)C(=O)OCC(=O)c1ccc2c(c1)[C@@H](C)C(=O)N2. The number of ether oxygens (including phenoxy) is 2. The van der Waals surface area contributed by atoms with Gasteiger partial charge in [0.2, 0.25) is 5.91 Å². The lowest BCUT2D eigenvalue weighted by Gasteiger charge is -2.20. The monoisotopic (exact) mass is 409 g/mol. The molecule has 2 aromatic carbocycles. The van der Waals surface area contributed by atoms with Gasteiger partial charge in [0.25, 0.3) is 0 Å². The first-order valence-corrected chi connectivity index (χ1v) is 9.98. The molecule has 0 unspecified atom stereocenters. The quantitative estimate of drug-likeness (QED) is 0.570. The van der Waals surface area contributed by atoms with Crippen molar-refractivity contribution >= 4 is 23.3 Å². The first kappa shape index (κ1) is 21.6. The number of amides is 1. The summed E-state index contributed by atoms with van der Waals surface area (Å²) in [5.41, 5.74) is 3.07. The number of carbonyl (C=O) groups excluding carboxylic acids is 3. The first-order chi connectivity index (χ1) is 14.1. The summed E-state index contributed by atoms with van der Waals surface area (Å²) in [4.78, 5) is 36.4. The molecule has 1 amide bonds. The number of carbonyl (C=O) groups is 3. The summed E-state index contributed by atoms with van der Waals surface area (Å²) in [6.45, 7) is 9.34. The third-order valence-corrected chi connectivity index (χ3v) is 5.20. The number of hydrogen-bond donors (Lipinski definition) is 1. The molecule has 1 aliphatic rings. The highest BCUT2D eigenvalue weighted by Crippen LogP contribution is 2.32. The molecule has 2 atom stereocenters. The van der Waals surface area contributed by atoms with Crippen LogP contribution in [0.25, 0.3) is 0 Å². The molecule has 0 aromatic heterocycles. The second kappa shape index (κ2) is 8.30. The molecule has 1 N–H and O–H groups in total. The average Bonchev–Trinajstić information content (AvgIpc) is 2.98. The molecule has 30 heavy (non-hydrogen) atoms. The summed E-state index contributed by atoms with van der Waals surface area (Å²) in [6, 6.07) is 12.5. The highest BCUT2D eigenvalue weighted by Gasteiger charge is 2.27. The maximum absolute atomic E-state index is 12.4. The second-order valence-corrected chi connectivity index (χ2v) is 8.58. The molecule has 6 heteroatoms. The van der Waals surface area contributed by atoms with Crippen molar-refractivity contribution in [1.29, 1.82) is 0 Å². The van der Waals surface area contributed by atoms with Gasteiger partial charge in [0, 0.05) is 11.3 Å². The predicted molar refractivity (Wildman–Crippen MR) is 114 cm³/mol. The number of ketones is 1. The van der Waals surface area contributed by atoms with Gasteiger partial charge in [0.1, 0.15) is 5.75 Å². The van der Waals surface area contributed by atoms with Crippen molar-refractivity contribution in [2.75, 3.05) is 11.9 Å². The maximum atomic E-state index is 12.4. The van der Waals surface area contributed by atoms with E-state index in [1.54, 1.807) is 32.0 Å². The van der Waals surface area contributed by atoms with Crippen molar-refractivity contribution in [3.8, 4) is 5.75 Å². The normalized spacial score (nSPS) is 16.4. The fourth-order valence-corrected chi connectivity index (χ4v) is 3.21. The molecule has 0 aliphatic carbocycles. The summed E-state index contributed by atoms with van der Waals surface area (Å²) in [6.07, 6.45) is -0.847. The topological polar surface area (TPSA) is 81.7 Å². The number of Topliss-reactive ketones (excluding diaryl/α,β-unsaturated/α-hetero) is 1. The molecular weight excluding hydrogens is 382 g/mol. The van der Waals surface area contributed by atoms with Crippen LogP contribution in [-0.4, -0.2) is 30.4 Å². The van der Waals surface area contributed by atoms with Gasteiger partial charge in [-0.15, -0.1) is 0 Å². The van der Waals surface area contributed by atoms with Gasteiger partial charge >= 0.3 is 5.97 Å². The van der Waals surface area contributed by atoms with Crippen molar-refractivity contribution in [3.05, 3.63) is 59.2 Å². The van der Waals surface area contributed by atoms with E-state index >= 15 is 0 Å². The molecule has 0 spiro atoms. The fraction of sp³-hybridized carbons (Fsp3) is 0.375. The van der Waals surface area contributed by atoms with Crippen LogP contribution >= 0.6 is 0 Å². The number of esters is 1. The molecule has 0 radical (unpaired) electrons. The van der Waals surface area contributed by atoms with Crippen molar-refractivity contribution in [3.63, 3.8) is 0 Å². The van der Waals surface area contributed by atoms with Crippen LogP contribution in [0.2, 0.25) is 0 Å². The van der Waals surface area contributed by atoms with E-state index in [-0.39, 0.29) is 29.6 Å². The molecule has 1 heterocycles. The van der Waals surface area contributed by atoms with Gasteiger partial charge in [-0.3, -0.25) is 9.59 Å². The van der Waals surface area contributed by atoms with Gasteiger partial charge in [-0.2, -0.15) is 0 Å². The van der Waals surface area contributed by atoms with Crippen LogP contribution in [0.5, 0.6) is 5.75 Å². The minimum absolute atomic E-state index is 0.0299. The Morgan fingerprint density at radius 2 is 1.77 bits per heavy atom. The number of rotatable bonds is 6. The summed E-state index contributed by atoms with van der Waals surface area (Å²) in [5.74, 6) is -0.798. The maximum Gasteiger partial charge on any atom is 0.347 e. The molecule has 3 rings (SSSR count). The van der Waals surface area contributed by atoms with Gasteiger partial charge in [-0.25, -0.2) is 4.79 Å². The standard InChI is InChI=1S/C24H27NO5/c1-14-19-12-16(6-11-20(19)25-22(14)27)21(26)13-29-23(28)15(2)30-18-9-7-17(8-10-18)24(3,4)5/h6-12,14-15H,13H2,1-5H3,(H,25,27)/t14-,15-/m1/s1. The average molecular weight is 409 g/mol.